The molecule has 0 atom stereocenters. The van der Waals surface area contributed by atoms with Crippen molar-refractivity contribution in [3.8, 4) is 17.2 Å². The van der Waals surface area contributed by atoms with Gasteiger partial charge in [0.15, 0.2) is 11.5 Å². The van der Waals surface area contributed by atoms with Gasteiger partial charge in [0.05, 0.1) is 27.0 Å². The second-order valence-electron chi connectivity index (χ2n) is 5.55. The van der Waals surface area contributed by atoms with Gasteiger partial charge in [0.1, 0.15) is 0 Å². The molecule has 2 aromatic rings. The van der Waals surface area contributed by atoms with E-state index in [1.165, 1.54) is 26.2 Å². The van der Waals surface area contributed by atoms with Crippen molar-refractivity contribution in [1.82, 2.24) is 4.90 Å². The van der Waals surface area contributed by atoms with E-state index in [9.17, 15) is 4.79 Å². The SMILES string of the molecule is COc1cc(NC(=O)N(C)Cc2ccc(SC)cc2)cc(OC)c1OC. The molecule has 0 aromatic heterocycles. The molecule has 0 fully saturated rings. The van der Waals surface area contributed by atoms with Gasteiger partial charge in [0, 0.05) is 30.6 Å². The van der Waals surface area contributed by atoms with Crippen LogP contribution in [0.1, 0.15) is 5.56 Å². The van der Waals surface area contributed by atoms with Gasteiger partial charge < -0.3 is 24.4 Å². The number of anilines is 1. The summed E-state index contributed by atoms with van der Waals surface area (Å²) in [5.74, 6) is 1.45. The maximum atomic E-state index is 12.5. The van der Waals surface area contributed by atoms with Crippen LogP contribution in [0.3, 0.4) is 0 Å². The smallest absolute Gasteiger partial charge is 0.321 e. The second-order valence-corrected chi connectivity index (χ2v) is 6.43. The Kier molecular flexibility index (Phi) is 7.03. The average molecular weight is 376 g/mol. The molecule has 140 valence electrons. The molecule has 2 aromatic carbocycles. The van der Waals surface area contributed by atoms with Crippen LogP contribution >= 0.6 is 11.8 Å². The van der Waals surface area contributed by atoms with Gasteiger partial charge in [0.25, 0.3) is 0 Å². The molecule has 2 amide bonds. The van der Waals surface area contributed by atoms with Crippen molar-refractivity contribution in [3.05, 3.63) is 42.0 Å². The number of urea groups is 1. The standard InChI is InChI=1S/C19H24N2O4S/c1-21(12-13-6-8-15(26-5)9-7-13)19(22)20-14-10-16(23-2)18(25-4)17(11-14)24-3/h6-11H,12H2,1-5H3,(H,20,22). The lowest BCUT2D eigenvalue weighted by molar-refractivity contribution is 0.220. The van der Waals surface area contributed by atoms with Gasteiger partial charge in [-0.15, -0.1) is 11.8 Å². The molecule has 0 radical (unpaired) electrons. The Bertz CT molecular complexity index is 725. The fraction of sp³-hybridized carbons (Fsp3) is 0.316. The topological polar surface area (TPSA) is 60.0 Å². The molecule has 1 N–H and O–H groups in total. The predicted molar refractivity (Wildman–Crippen MR) is 105 cm³/mol. The van der Waals surface area contributed by atoms with E-state index in [4.69, 9.17) is 14.2 Å². The lowest BCUT2D eigenvalue weighted by Gasteiger charge is -2.19. The zero-order chi connectivity index (χ0) is 19.1. The Labute approximate surface area is 158 Å². The summed E-state index contributed by atoms with van der Waals surface area (Å²) in [4.78, 5) is 15.3. The molecule has 0 spiro atoms. The van der Waals surface area contributed by atoms with Crippen LogP contribution in [0.4, 0.5) is 10.5 Å². The fourth-order valence-electron chi connectivity index (χ4n) is 2.45. The minimum absolute atomic E-state index is 0.229. The Morgan fingerprint density at radius 1 is 1.04 bits per heavy atom. The number of nitrogens with zero attached hydrogens (tertiary/aromatic N) is 1. The number of rotatable bonds is 7. The van der Waals surface area contributed by atoms with Crippen molar-refractivity contribution in [2.45, 2.75) is 11.4 Å². The van der Waals surface area contributed by atoms with E-state index in [1.807, 2.05) is 30.5 Å². The monoisotopic (exact) mass is 376 g/mol. The van der Waals surface area contributed by atoms with Crippen LogP contribution in [0.2, 0.25) is 0 Å². The normalized spacial score (nSPS) is 10.2. The van der Waals surface area contributed by atoms with E-state index < -0.39 is 0 Å². The van der Waals surface area contributed by atoms with Crippen LogP contribution in [-0.4, -0.2) is 45.6 Å². The molecule has 6 nitrogen and oxygen atoms in total. The Morgan fingerprint density at radius 2 is 1.62 bits per heavy atom. The van der Waals surface area contributed by atoms with Gasteiger partial charge in [0.2, 0.25) is 5.75 Å². The zero-order valence-corrected chi connectivity index (χ0v) is 16.5. The molecule has 2 rings (SSSR count). The number of hydrogen-bond donors (Lipinski definition) is 1. The number of nitrogens with one attached hydrogen (secondary N) is 1. The highest BCUT2D eigenvalue weighted by Gasteiger charge is 2.16. The van der Waals surface area contributed by atoms with Crippen LogP contribution in [0.5, 0.6) is 17.2 Å². The van der Waals surface area contributed by atoms with Crippen molar-refractivity contribution in [1.29, 1.82) is 0 Å². The zero-order valence-electron chi connectivity index (χ0n) is 15.7. The summed E-state index contributed by atoms with van der Waals surface area (Å²) in [6, 6.07) is 11.3. The lowest BCUT2D eigenvalue weighted by atomic mass is 10.2. The number of carbonyl (C=O) groups is 1. The Balaban J connectivity index is 2.10. The highest BCUT2D eigenvalue weighted by Crippen LogP contribution is 2.39. The Morgan fingerprint density at radius 3 is 2.08 bits per heavy atom. The van der Waals surface area contributed by atoms with E-state index in [-0.39, 0.29) is 6.03 Å². The third-order valence-electron chi connectivity index (χ3n) is 3.84. The molecule has 0 saturated carbocycles. The largest absolute Gasteiger partial charge is 0.493 e. The van der Waals surface area contributed by atoms with E-state index >= 15 is 0 Å². The number of thioether (sulfide) groups is 1. The number of carbonyl (C=O) groups excluding carboxylic acids is 1. The summed E-state index contributed by atoms with van der Waals surface area (Å²) < 4.78 is 15.9. The molecule has 0 bridgehead atoms. The van der Waals surface area contributed by atoms with E-state index in [0.717, 1.165) is 5.56 Å². The minimum Gasteiger partial charge on any atom is -0.493 e. The first-order valence-corrected chi connectivity index (χ1v) is 9.20. The molecule has 0 aliphatic carbocycles. The minimum atomic E-state index is -0.229. The third-order valence-corrected chi connectivity index (χ3v) is 4.59. The molecule has 0 saturated heterocycles. The van der Waals surface area contributed by atoms with Crippen molar-refractivity contribution in [3.63, 3.8) is 0 Å². The summed E-state index contributed by atoms with van der Waals surface area (Å²) in [7, 11) is 6.35. The highest BCUT2D eigenvalue weighted by molar-refractivity contribution is 7.98. The van der Waals surface area contributed by atoms with Crippen molar-refractivity contribution in [2.24, 2.45) is 0 Å². The first-order chi connectivity index (χ1) is 12.5. The number of hydrogen-bond acceptors (Lipinski definition) is 5. The van der Waals surface area contributed by atoms with Crippen LogP contribution in [0, 0.1) is 0 Å². The summed E-state index contributed by atoms with van der Waals surface area (Å²) in [5.41, 5.74) is 1.62. The van der Waals surface area contributed by atoms with Gasteiger partial charge in [-0.1, -0.05) is 12.1 Å². The second kappa shape index (κ2) is 9.24. The number of amides is 2. The number of methoxy groups -OCH3 is 3. The number of benzene rings is 2. The fourth-order valence-corrected chi connectivity index (χ4v) is 2.86. The predicted octanol–water partition coefficient (Wildman–Crippen LogP) is 4.10. The van der Waals surface area contributed by atoms with Crippen LogP contribution in [-0.2, 0) is 6.54 Å². The van der Waals surface area contributed by atoms with Gasteiger partial charge in [-0.2, -0.15) is 0 Å². The summed E-state index contributed by atoms with van der Waals surface area (Å²) in [6.45, 7) is 0.505. The maximum absolute atomic E-state index is 12.5. The summed E-state index contributed by atoms with van der Waals surface area (Å²) in [6.07, 6.45) is 2.03. The first kappa shape index (κ1) is 19.8. The van der Waals surface area contributed by atoms with E-state index in [1.54, 1.807) is 35.8 Å². The van der Waals surface area contributed by atoms with Crippen LogP contribution in [0.25, 0.3) is 0 Å². The molecule has 0 unspecified atom stereocenters. The van der Waals surface area contributed by atoms with Crippen LogP contribution in [0.15, 0.2) is 41.3 Å². The molecule has 0 heterocycles. The number of ether oxygens (including phenoxy) is 3. The van der Waals surface area contributed by atoms with Crippen molar-refractivity contribution in [2.75, 3.05) is 39.9 Å². The third kappa shape index (κ3) is 4.76. The molecule has 0 aliphatic rings. The molecule has 7 heteroatoms. The Hall–Kier alpha value is -2.54. The molecule has 26 heavy (non-hydrogen) atoms. The quantitative estimate of drug-likeness (QED) is 0.737. The maximum Gasteiger partial charge on any atom is 0.321 e. The first-order valence-electron chi connectivity index (χ1n) is 7.97. The van der Waals surface area contributed by atoms with Gasteiger partial charge in [-0.3, -0.25) is 0 Å². The summed E-state index contributed by atoms with van der Waals surface area (Å²) in [5, 5.41) is 2.85. The molecule has 0 aliphatic heterocycles. The van der Waals surface area contributed by atoms with Crippen molar-refractivity contribution >= 4 is 23.5 Å². The average Bonchev–Trinajstić information content (AvgIpc) is 2.67. The molecular weight excluding hydrogens is 352 g/mol. The van der Waals surface area contributed by atoms with Gasteiger partial charge in [-0.05, 0) is 24.0 Å². The molecular formula is C19H24N2O4S. The lowest BCUT2D eigenvalue weighted by Crippen LogP contribution is -2.30. The van der Waals surface area contributed by atoms with Gasteiger partial charge in [-0.25, -0.2) is 4.79 Å². The van der Waals surface area contributed by atoms with Gasteiger partial charge >= 0.3 is 6.03 Å². The highest BCUT2D eigenvalue weighted by atomic mass is 32.2. The van der Waals surface area contributed by atoms with Crippen LogP contribution < -0.4 is 19.5 Å². The van der Waals surface area contributed by atoms with Crippen molar-refractivity contribution < 1.29 is 19.0 Å². The van der Waals surface area contributed by atoms with E-state index in [0.29, 0.717) is 29.5 Å². The summed E-state index contributed by atoms with van der Waals surface area (Å²) >= 11 is 1.69. The van der Waals surface area contributed by atoms with E-state index in [2.05, 4.69) is 5.32 Å².